The molecule has 2 aliphatic heterocycles. The Bertz CT molecular complexity index is 1440. The number of aromatic nitrogens is 3. The van der Waals surface area contributed by atoms with E-state index >= 15 is 0 Å². The van der Waals surface area contributed by atoms with Crippen molar-refractivity contribution in [1.29, 1.82) is 0 Å². The Hall–Kier alpha value is -3.22. The third-order valence-electron chi connectivity index (χ3n) is 8.03. The molecule has 0 bridgehead atoms. The average Bonchev–Trinajstić information content (AvgIpc) is 3.12. The predicted molar refractivity (Wildman–Crippen MR) is 152 cm³/mol. The summed E-state index contributed by atoms with van der Waals surface area (Å²) in [6.07, 6.45) is 3.00. The molecule has 2 aliphatic rings. The number of hydrogen-bond donors (Lipinski definition) is 1. The van der Waals surface area contributed by atoms with E-state index in [1.165, 1.54) is 39.2 Å². The molecule has 0 spiro atoms. The van der Waals surface area contributed by atoms with Crippen LogP contribution in [0.3, 0.4) is 0 Å². The maximum absolute atomic E-state index is 4.93. The standard InChI is InChI=1S/C31H38N6/c1-5-29-34-30-21(2)16-22(3)32-31(30)37(29)20-24-7-11-28-26(18-24)9-8-25-17-23(6-10-27(25)33-28)19-36-14-12-35(4)13-15-36/h6-7,10-11,16-18,33H,5,8-9,12-15,19-20H2,1-4H3. The number of nitrogens with zero attached hydrogens (tertiary/aromatic N) is 5. The van der Waals surface area contributed by atoms with Gasteiger partial charge in [0.25, 0.3) is 0 Å². The number of piperazine rings is 1. The van der Waals surface area contributed by atoms with Crippen molar-refractivity contribution in [3.05, 3.63) is 81.8 Å². The van der Waals surface area contributed by atoms with Gasteiger partial charge in [0.2, 0.25) is 0 Å². The summed E-state index contributed by atoms with van der Waals surface area (Å²) in [5, 5.41) is 3.74. The van der Waals surface area contributed by atoms with Gasteiger partial charge in [0.15, 0.2) is 5.65 Å². The van der Waals surface area contributed by atoms with Crippen LogP contribution >= 0.6 is 0 Å². The van der Waals surface area contributed by atoms with Crippen molar-refractivity contribution < 1.29 is 0 Å². The molecular formula is C31H38N6. The van der Waals surface area contributed by atoms with Gasteiger partial charge in [-0.1, -0.05) is 31.2 Å². The zero-order chi connectivity index (χ0) is 25.5. The second kappa shape index (κ2) is 9.92. The largest absolute Gasteiger partial charge is 0.355 e. The van der Waals surface area contributed by atoms with E-state index in [0.717, 1.165) is 81.2 Å². The first-order chi connectivity index (χ1) is 18.0. The van der Waals surface area contributed by atoms with Crippen LogP contribution in [0.25, 0.3) is 11.2 Å². The van der Waals surface area contributed by atoms with Gasteiger partial charge in [-0.05, 0) is 79.8 Å². The Morgan fingerprint density at radius 1 is 0.811 bits per heavy atom. The molecule has 0 aliphatic carbocycles. The summed E-state index contributed by atoms with van der Waals surface area (Å²) >= 11 is 0. The summed E-state index contributed by atoms with van der Waals surface area (Å²) < 4.78 is 2.31. The van der Waals surface area contributed by atoms with Crippen LogP contribution < -0.4 is 5.32 Å². The first-order valence-corrected chi connectivity index (χ1v) is 13.7. The Kier molecular flexibility index (Phi) is 6.47. The van der Waals surface area contributed by atoms with Gasteiger partial charge < -0.3 is 14.8 Å². The summed E-state index contributed by atoms with van der Waals surface area (Å²) in [5.74, 6) is 1.10. The van der Waals surface area contributed by atoms with Crippen molar-refractivity contribution in [3.8, 4) is 0 Å². The van der Waals surface area contributed by atoms with Crippen LogP contribution in [0.1, 0.15) is 46.3 Å². The van der Waals surface area contributed by atoms with Gasteiger partial charge in [-0.2, -0.15) is 0 Å². The van der Waals surface area contributed by atoms with Crippen molar-refractivity contribution >= 4 is 22.5 Å². The smallest absolute Gasteiger partial charge is 0.160 e. The third kappa shape index (κ3) is 4.88. The molecule has 0 saturated carbocycles. The summed E-state index contributed by atoms with van der Waals surface area (Å²) in [5.41, 5.74) is 12.3. The van der Waals surface area contributed by atoms with E-state index < -0.39 is 0 Å². The molecule has 6 nitrogen and oxygen atoms in total. The first-order valence-electron chi connectivity index (χ1n) is 13.7. The monoisotopic (exact) mass is 494 g/mol. The first kappa shape index (κ1) is 24.1. The van der Waals surface area contributed by atoms with Crippen LogP contribution in [0.4, 0.5) is 11.4 Å². The van der Waals surface area contributed by atoms with Gasteiger partial charge >= 0.3 is 0 Å². The summed E-state index contributed by atoms with van der Waals surface area (Å²) in [7, 11) is 2.22. The Labute approximate surface area is 220 Å². The van der Waals surface area contributed by atoms with Crippen molar-refractivity contribution in [1.82, 2.24) is 24.3 Å². The van der Waals surface area contributed by atoms with E-state index in [9.17, 15) is 0 Å². The molecule has 2 aromatic heterocycles. The molecule has 1 fully saturated rings. The van der Waals surface area contributed by atoms with Crippen LogP contribution in [0, 0.1) is 13.8 Å². The van der Waals surface area contributed by atoms with Gasteiger partial charge in [0.05, 0.1) is 6.54 Å². The number of imidazole rings is 1. The Balaban J connectivity index is 1.22. The van der Waals surface area contributed by atoms with E-state index in [1.807, 2.05) is 0 Å². The number of fused-ring (bicyclic) bond motifs is 3. The van der Waals surface area contributed by atoms with Gasteiger partial charge in [-0.25, -0.2) is 9.97 Å². The Morgan fingerprint density at radius 3 is 2.11 bits per heavy atom. The van der Waals surface area contributed by atoms with E-state index in [0.29, 0.717) is 0 Å². The van der Waals surface area contributed by atoms with Crippen LogP contribution in [-0.4, -0.2) is 57.6 Å². The molecule has 192 valence electrons. The fraction of sp³-hybridized carbons (Fsp3) is 0.419. The number of rotatable bonds is 5. The molecule has 0 amide bonds. The van der Waals surface area contributed by atoms with Gasteiger partial charge in [0, 0.05) is 56.2 Å². The van der Waals surface area contributed by atoms with Gasteiger partial charge in [-0.3, -0.25) is 4.90 Å². The lowest BCUT2D eigenvalue weighted by molar-refractivity contribution is 0.148. The molecule has 37 heavy (non-hydrogen) atoms. The van der Waals surface area contributed by atoms with E-state index in [-0.39, 0.29) is 0 Å². The minimum Gasteiger partial charge on any atom is -0.355 e. The van der Waals surface area contributed by atoms with E-state index in [2.05, 4.69) is 90.0 Å². The zero-order valence-electron chi connectivity index (χ0n) is 22.6. The molecule has 1 N–H and O–H groups in total. The highest BCUT2D eigenvalue weighted by atomic mass is 15.2. The highest BCUT2D eigenvalue weighted by Gasteiger charge is 2.18. The summed E-state index contributed by atoms with van der Waals surface area (Å²) in [6, 6.07) is 16.0. The van der Waals surface area contributed by atoms with Crippen molar-refractivity contribution in [2.75, 3.05) is 38.5 Å². The number of nitrogens with one attached hydrogen (secondary N) is 1. The minimum absolute atomic E-state index is 0.797. The quantitative estimate of drug-likeness (QED) is 0.411. The number of aryl methyl sites for hydroxylation is 5. The molecule has 2 aromatic carbocycles. The van der Waals surface area contributed by atoms with Crippen molar-refractivity contribution in [2.45, 2.75) is 53.1 Å². The number of hydrogen-bond acceptors (Lipinski definition) is 5. The topological polar surface area (TPSA) is 49.2 Å². The highest BCUT2D eigenvalue weighted by Crippen LogP contribution is 2.32. The fourth-order valence-corrected chi connectivity index (χ4v) is 5.89. The van der Waals surface area contributed by atoms with E-state index in [1.54, 1.807) is 0 Å². The second-order valence-corrected chi connectivity index (χ2v) is 10.9. The number of benzene rings is 2. The zero-order valence-corrected chi connectivity index (χ0v) is 22.6. The lowest BCUT2D eigenvalue weighted by Gasteiger charge is -2.32. The average molecular weight is 495 g/mol. The van der Waals surface area contributed by atoms with Gasteiger partial charge in [0.1, 0.15) is 11.3 Å². The summed E-state index contributed by atoms with van der Waals surface area (Å²) in [6.45, 7) is 12.8. The Morgan fingerprint density at radius 2 is 1.46 bits per heavy atom. The highest BCUT2D eigenvalue weighted by molar-refractivity contribution is 5.76. The molecule has 4 aromatic rings. The molecule has 0 unspecified atom stereocenters. The maximum atomic E-state index is 4.93. The summed E-state index contributed by atoms with van der Waals surface area (Å²) in [4.78, 5) is 14.8. The van der Waals surface area contributed by atoms with Crippen LogP contribution in [0.15, 0.2) is 42.5 Å². The molecule has 6 heteroatoms. The van der Waals surface area contributed by atoms with Gasteiger partial charge in [-0.15, -0.1) is 0 Å². The normalized spacial score (nSPS) is 16.3. The maximum Gasteiger partial charge on any atom is 0.160 e. The number of pyridine rings is 1. The SMILES string of the molecule is CCc1nc2c(C)cc(C)nc2n1Cc1ccc2c(c1)CCc1cc(CN3CCN(C)CC3)ccc1N2. The molecule has 0 radical (unpaired) electrons. The second-order valence-electron chi connectivity index (χ2n) is 10.9. The number of likely N-dealkylation sites (N-methyl/N-ethyl adjacent to an activating group) is 1. The fourth-order valence-electron chi connectivity index (χ4n) is 5.89. The van der Waals surface area contributed by atoms with Crippen molar-refractivity contribution in [3.63, 3.8) is 0 Å². The third-order valence-corrected chi connectivity index (χ3v) is 8.03. The lowest BCUT2D eigenvalue weighted by Crippen LogP contribution is -2.43. The molecule has 0 atom stereocenters. The number of anilines is 2. The van der Waals surface area contributed by atoms with E-state index in [4.69, 9.17) is 9.97 Å². The van der Waals surface area contributed by atoms with Crippen LogP contribution in [-0.2, 0) is 32.4 Å². The molecule has 1 saturated heterocycles. The molecule has 6 rings (SSSR count). The lowest BCUT2D eigenvalue weighted by atomic mass is 10.0. The van der Waals surface area contributed by atoms with Crippen molar-refractivity contribution in [2.24, 2.45) is 0 Å². The van der Waals surface area contributed by atoms with Crippen LogP contribution in [0.5, 0.6) is 0 Å². The molecule has 4 heterocycles. The minimum atomic E-state index is 0.797. The predicted octanol–water partition coefficient (Wildman–Crippen LogP) is 5.25. The van der Waals surface area contributed by atoms with Crippen LogP contribution in [0.2, 0.25) is 0 Å². The molecular weight excluding hydrogens is 456 g/mol.